The van der Waals surface area contributed by atoms with Crippen molar-refractivity contribution in [3.63, 3.8) is 0 Å². The van der Waals surface area contributed by atoms with Crippen LogP contribution in [-0.4, -0.2) is 53.7 Å². The SMILES string of the molecule is CC(=O)c1cccc(NC(=O)c2ccnc(N3CCN(C(C)=O)CC3)c2)c1. The lowest BCUT2D eigenvalue weighted by molar-refractivity contribution is -0.129. The first-order chi connectivity index (χ1) is 12.9. The van der Waals surface area contributed by atoms with Gasteiger partial charge in [0.1, 0.15) is 5.82 Å². The fraction of sp³-hybridized carbons (Fsp3) is 0.300. The summed E-state index contributed by atoms with van der Waals surface area (Å²) in [6.07, 6.45) is 1.60. The van der Waals surface area contributed by atoms with E-state index in [4.69, 9.17) is 0 Å². The Hall–Kier alpha value is -3.22. The van der Waals surface area contributed by atoms with Gasteiger partial charge in [-0.25, -0.2) is 4.98 Å². The average molecular weight is 366 g/mol. The van der Waals surface area contributed by atoms with Gasteiger partial charge in [-0.2, -0.15) is 0 Å². The number of anilines is 2. The fourth-order valence-electron chi connectivity index (χ4n) is 3.00. The summed E-state index contributed by atoms with van der Waals surface area (Å²) in [5.74, 6) is 0.468. The molecule has 1 aromatic heterocycles. The first-order valence-corrected chi connectivity index (χ1v) is 8.83. The minimum Gasteiger partial charge on any atom is -0.353 e. The van der Waals surface area contributed by atoms with E-state index < -0.39 is 0 Å². The first-order valence-electron chi connectivity index (χ1n) is 8.83. The molecule has 0 aliphatic carbocycles. The first kappa shape index (κ1) is 18.6. The van der Waals surface area contributed by atoms with Crippen LogP contribution in [0.4, 0.5) is 11.5 Å². The number of pyridine rings is 1. The molecule has 2 heterocycles. The van der Waals surface area contributed by atoms with Crippen LogP contribution in [0.25, 0.3) is 0 Å². The van der Waals surface area contributed by atoms with Gasteiger partial charge in [-0.15, -0.1) is 0 Å². The largest absolute Gasteiger partial charge is 0.353 e. The molecule has 0 unspecified atom stereocenters. The van der Waals surface area contributed by atoms with E-state index in [1.54, 1.807) is 54.4 Å². The van der Waals surface area contributed by atoms with Crippen LogP contribution in [0.5, 0.6) is 0 Å². The third kappa shape index (κ3) is 4.49. The second kappa shape index (κ2) is 7.99. The highest BCUT2D eigenvalue weighted by Gasteiger charge is 2.20. The summed E-state index contributed by atoms with van der Waals surface area (Å²) in [7, 11) is 0. The third-order valence-corrected chi connectivity index (χ3v) is 4.58. The van der Waals surface area contributed by atoms with Crippen molar-refractivity contribution in [3.8, 4) is 0 Å². The number of amides is 2. The van der Waals surface area contributed by atoms with Gasteiger partial charge in [0, 0.05) is 56.1 Å². The molecule has 2 aromatic rings. The highest BCUT2D eigenvalue weighted by molar-refractivity contribution is 6.05. The minimum absolute atomic E-state index is 0.0537. The molecule has 140 valence electrons. The number of rotatable bonds is 4. The van der Waals surface area contributed by atoms with Gasteiger partial charge in [-0.1, -0.05) is 12.1 Å². The number of hydrogen-bond acceptors (Lipinski definition) is 5. The van der Waals surface area contributed by atoms with Gasteiger partial charge in [0.2, 0.25) is 5.91 Å². The molecular weight excluding hydrogens is 344 g/mol. The highest BCUT2D eigenvalue weighted by Crippen LogP contribution is 2.17. The van der Waals surface area contributed by atoms with Gasteiger partial charge < -0.3 is 15.1 Å². The van der Waals surface area contributed by atoms with Crippen LogP contribution in [0.15, 0.2) is 42.6 Å². The van der Waals surface area contributed by atoms with E-state index in [0.717, 1.165) is 0 Å². The molecule has 0 bridgehead atoms. The van der Waals surface area contributed by atoms with Crippen LogP contribution in [0.3, 0.4) is 0 Å². The van der Waals surface area contributed by atoms with Gasteiger partial charge in [-0.05, 0) is 31.2 Å². The van der Waals surface area contributed by atoms with Crippen molar-refractivity contribution in [2.24, 2.45) is 0 Å². The molecule has 0 spiro atoms. The number of carbonyl (C=O) groups is 3. The topological polar surface area (TPSA) is 82.6 Å². The Labute approximate surface area is 158 Å². The maximum Gasteiger partial charge on any atom is 0.255 e. The van der Waals surface area contributed by atoms with Crippen LogP contribution >= 0.6 is 0 Å². The molecule has 1 N–H and O–H groups in total. The molecule has 3 rings (SSSR count). The number of aromatic nitrogens is 1. The molecule has 2 amide bonds. The maximum atomic E-state index is 12.6. The second-order valence-corrected chi connectivity index (χ2v) is 6.49. The maximum absolute atomic E-state index is 12.6. The quantitative estimate of drug-likeness (QED) is 0.839. The van der Waals surface area contributed by atoms with Crippen molar-refractivity contribution in [2.45, 2.75) is 13.8 Å². The summed E-state index contributed by atoms with van der Waals surface area (Å²) < 4.78 is 0. The summed E-state index contributed by atoms with van der Waals surface area (Å²) in [5.41, 5.74) is 1.61. The number of Topliss-reactive ketones (excluding diaryl/α,β-unsaturated/α-hetero) is 1. The van der Waals surface area contributed by atoms with Crippen molar-refractivity contribution >= 4 is 29.1 Å². The summed E-state index contributed by atoms with van der Waals surface area (Å²) >= 11 is 0. The summed E-state index contributed by atoms with van der Waals surface area (Å²) in [4.78, 5) is 43.7. The average Bonchev–Trinajstić information content (AvgIpc) is 2.68. The molecule has 1 saturated heterocycles. The number of carbonyl (C=O) groups excluding carboxylic acids is 3. The Morgan fingerprint density at radius 3 is 2.37 bits per heavy atom. The van der Waals surface area contributed by atoms with Crippen LogP contribution in [-0.2, 0) is 4.79 Å². The number of nitrogens with one attached hydrogen (secondary N) is 1. The summed E-state index contributed by atoms with van der Waals surface area (Å²) in [6.45, 7) is 5.70. The Morgan fingerprint density at radius 1 is 0.963 bits per heavy atom. The van der Waals surface area contributed by atoms with Crippen LogP contribution in [0.2, 0.25) is 0 Å². The van der Waals surface area contributed by atoms with Gasteiger partial charge in [0.15, 0.2) is 5.78 Å². The lowest BCUT2D eigenvalue weighted by Crippen LogP contribution is -2.48. The van der Waals surface area contributed by atoms with Crippen molar-refractivity contribution in [1.29, 1.82) is 0 Å². The molecule has 0 atom stereocenters. The Bertz CT molecular complexity index is 873. The zero-order valence-electron chi connectivity index (χ0n) is 15.4. The molecule has 7 nitrogen and oxygen atoms in total. The molecule has 1 fully saturated rings. The Kier molecular flexibility index (Phi) is 5.49. The van der Waals surface area contributed by atoms with Crippen LogP contribution in [0.1, 0.15) is 34.6 Å². The van der Waals surface area contributed by atoms with E-state index in [1.165, 1.54) is 6.92 Å². The monoisotopic (exact) mass is 366 g/mol. The molecule has 27 heavy (non-hydrogen) atoms. The number of hydrogen-bond donors (Lipinski definition) is 1. The molecular formula is C20H22N4O3. The van der Waals surface area contributed by atoms with Gasteiger partial charge in [0.05, 0.1) is 0 Å². The molecule has 1 aliphatic heterocycles. The van der Waals surface area contributed by atoms with Crippen LogP contribution < -0.4 is 10.2 Å². The Morgan fingerprint density at radius 2 is 1.70 bits per heavy atom. The molecule has 0 saturated carbocycles. The number of benzene rings is 1. The lowest BCUT2D eigenvalue weighted by Gasteiger charge is -2.35. The summed E-state index contributed by atoms with van der Waals surface area (Å²) in [5, 5.41) is 2.82. The smallest absolute Gasteiger partial charge is 0.255 e. The lowest BCUT2D eigenvalue weighted by atomic mass is 10.1. The molecule has 0 radical (unpaired) electrons. The third-order valence-electron chi connectivity index (χ3n) is 4.58. The zero-order valence-corrected chi connectivity index (χ0v) is 15.4. The number of ketones is 1. The second-order valence-electron chi connectivity index (χ2n) is 6.49. The van der Waals surface area contributed by atoms with Gasteiger partial charge >= 0.3 is 0 Å². The Balaban J connectivity index is 1.70. The van der Waals surface area contributed by atoms with Gasteiger partial charge in [0.25, 0.3) is 5.91 Å². The fourth-order valence-corrected chi connectivity index (χ4v) is 3.00. The molecule has 1 aliphatic rings. The van der Waals surface area contributed by atoms with E-state index in [1.807, 2.05) is 0 Å². The summed E-state index contributed by atoms with van der Waals surface area (Å²) in [6, 6.07) is 10.2. The van der Waals surface area contributed by atoms with Gasteiger partial charge in [-0.3, -0.25) is 14.4 Å². The number of nitrogens with zero attached hydrogens (tertiary/aromatic N) is 3. The standard InChI is InChI=1S/C20H22N4O3/c1-14(25)16-4-3-5-18(12-16)22-20(27)17-6-7-21-19(13-17)24-10-8-23(9-11-24)15(2)26/h3-7,12-13H,8-11H2,1-2H3,(H,22,27). The van der Waals surface area contributed by atoms with E-state index in [-0.39, 0.29) is 17.6 Å². The predicted octanol–water partition coefficient (Wildman–Crippen LogP) is 2.21. The van der Waals surface area contributed by atoms with E-state index in [0.29, 0.717) is 48.8 Å². The van der Waals surface area contributed by atoms with Crippen LogP contribution in [0, 0.1) is 0 Å². The molecule has 7 heteroatoms. The van der Waals surface area contributed by atoms with Crippen molar-refractivity contribution < 1.29 is 14.4 Å². The van der Waals surface area contributed by atoms with E-state index >= 15 is 0 Å². The van der Waals surface area contributed by atoms with Crippen molar-refractivity contribution in [2.75, 3.05) is 36.4 Å². The normalized spacial score (nSPS) is 14.0. The number of piperazine rings is 1. The van der Waals surface area contributed by atoms with E-state index in [9.17, 15) is 14.4 Å². The molecule has 1 aromatic carbocycles. The zero-order chi connectivity index (χ0) is 19.4. The van der Waals surface area contributed by atoms with Crippen molar-refractivity contribution in [1.82, 2.24) is 9.88 Å². The predicted molar refractivity (Wildman–Crippen MR) is 103 cm³/mol. The minimum atomic E-state index is -0.262. The van der Waals surface area contributed by atoms with Crippen molar-refractivity contribution in [3.05, 3.63) is 53.7 Å². The van der Waals surface area contributed by atoms with E-state index in [2.05, 4.69) is 15.2 Å². The highest BCUT2D eigenvalue weighted by atomic mass is 16.2.